The Labute approximate surface area is 253 Å². The second kappa shape index (κ2) is 14.5. The molecule has 1 atom stereocenters. The second-order valence-corrected chi connectivity index (χ2v) is 12.6. The highest BCUT2D eigenvalue weighted by Crippen LogP contribution is 2.28. The summed E-state index contributed by atoms with van der Waals surface area (Å²) in [7, 11) is 0. The van der Waals surface area contributed by atoms with Gasteiger partial charge in [0.25, 0.3) is 11.7 Å². The van der Waals surface area contributed by atoms with Crippen LogP contribution in [0.4, 0.5) is 11.5 Å². The number of amides is 1. The molecule has 42 heavy (non-hydrogen) atoms. The van der Waals surface area contributed by atoms with E-state index in [1.54, 1.807) is 6.20 Å². The number of hydrogen-bond donors (Lipinski definition) is 2. The summed E-state index contributed by atoms with van der Waals surface area (Å²) in [5, 5.41) is 5.71. The monoisotopic (exact) mass is 576 g/mol. The smallest absolute Gasteiger partial charge is 0.298 e. The van der Waals surface area contributed by atoms with Gasteiger partial charge in [-0.1, -0.05) is 43.2 Å². The number of piperazine rings is 1. The Kier molecular flexibility index (Phi) is 11.0. The molecule has 1 saturated carbocycles. The van der Waals surface area contributed by atoms with E-state index < -0.39 is 11.7 Å². The number of rotatable bonds is 12. The van der Waals surface area contributed by atoms with E-state index in [1.807, 2.05) is 13.0 Å². The van der Waals surface area contributed by atoms with Gasteiger partial charge in [0.1, 0.15) is 5.82 Å². The fourth-order valence-electron chi connectivity index (χ4n) is 6.20. The predicted octanol–water partition coefficient (Wildman–Crippen LogP) is 5.22. The lowest BCUT2D eigenvalue weighted by atomic mass is 9.97. The van der Waals surface area contributed by atoms with Crippen molar-refractivity contribution >= 4 is 23.2 Å². The number of allylic oxidation sites excluding steroid dienone is 3. The van der Waals surface area contributed by atoms with Crippen LogP contribution in [0.1, 0.15) is 78.7 Å². The van der Waals surface area contributed by atoms with Gasteiger partial charge >= 0.3 is 0 Å². The van der Waals surface area contributed by atoms with Crippen LogP contribution in [-0.2, 0) is 9.59 Å². The molecule has 8 heteroatoms. The largest absolute Gasteiger partial charge is 0.379 e. The van der Waals surface area contributed by atoms with E-state index in [9.17, 15) is 9.59 Å². The molecule has 2 N–H and O–H groups in total. The third-order valence-corrected chi connectivity index (χ3v) is 9.22. The Balaban J connectivity index is 1.29. The van der Waals surface area contributed by atoms with Crippen molar-refractivity contribution < 1.29 is 9.59 Å². The quantitative estimate of drug-likeness (QED) is 0.201. The van der Waals surface area contributed by atoms with E-state index in [-0.39, 0.29) is 11.7 Å². The number of likely N-dealkylation sites (tertiary alicyclic amines) is 1. The molecule has 230 valence electrons. The van der Waals surface area contributed by atoms with E-state index in [4.69, 9.17) is 4.98 Å². The molecule has 8 nitrogen and oxygen atoms in total. The van der Waals surface area contributed by atoms with Crippen LogP contribution >= 0.6 is 0 Å². The molecule has 0 aromatic carbocycles. The van der Waals surface area contributed by atoms with Gasteiger partial charge in [0, 0.05) is 44.3 Å². The maximum atomic E-state index is 12.5. The summed E-state index contributed by atoms with van der Waals surface area (Å²) in [5.74, 6) is -0.355. The fraction of sp³-hybridized carbons (Fsp3) is 0.618. The maximum Gasteiger partial charge on any atom is 0.298 e. The standard InChI is InChI=1S/C34H52N6O2/c1-8-23(3)18-24(4)26(6)21-38-14-12-31(13-15-38)40-17-16-39(22-30(40)9-2)33-25(5)19-29(20-35-33)37-34(42)32(41)27(7)36-28-10-11-28/h18-20,28,30-31,36H,7-17,21-22H2,1-6H3,(H,37,42)/b23-18-,26-24+. The maximum absolute atomic E-state index is 12.5. The van der Waals surface area contributed by atoms with Crippen LogP contribution in [-0.4, -0.2) is 83.9 Å². The van der Waals surface area contributed by atoms with E-state index in [0.717, 1.165) is 76.3 Å². The summed E-state index contributed by atoms with van der Waals surface area (Å²) in [6.07, 6.45) is 10.7. The molecule has 1 amide bonds. The minimum atomic E-state index is -0.683. The highest BCUT2D eigenvalue weighted by atomic mass is 16.2. The Hall–Kier alpha value is -2.97. The van der Waals surface area contributed by atoms with E-state index in [0.29, 0.717) is 17.8 Å². The van der Waals surface area contributed by atoms with Crippen molar-refractivity contribution in [3.05, 3.63) is 52.9 Å². The minimum Gasteiger partial charge on any atom is -0.379 e. The first-order chi connectivity index (χ1) is 20.1. The van der Waals surface area contributed by atoms with Crippen molar-refractivity contribution in [2.75, 3.05) is 49.5 Å². The van der Waals surface area contributed by atoms with Crippen LogP contribution in [0, 0.1) is 6.92 Å². The molecule has 1 unspecified atom stereocenters. The summed E-state index contributed by atoms with van der Waals surface area (Å²) in [5.41, 5.74) is 6.02. The highest BCUT2D eigenvalue weighted by molar-refractivity contribution is 6.46. The van der Waals surface area contributed by atoms with Crippen LogP contribution in [0.3, 0.4) is 0 Å². The lowest BCUT2D eigenvalue weighted by molar-refractivity contribution is -0.132. The Morgan fingerprint density at radius 2 is 1.79 bits per heavy atom. The summed E-state index contributed by atoms with van der Waals surface area (Å²) in [6, 6.07) is 3.31. The second-order valence-electron chi connectivity index (χ2n) is 12.6. The Bertz CT molecular complexity index is 1210. The zero-order valence-corrected chi connectivity index (χ0v) is 26.8. The van der Waals surface area contributed by atoms with Crippen LogP contribution in [0.15, 0.2) is 47.3 Å². The van der Waals surface area contributed by atoms with Crippen LogP contribution in [0.2, 0.25) is 0 Å². The van der Waals surface area contributed by atoms with Gasteiger partial charge in [-0.25, -0.2) is 4.98 Å². The molecule has 3 fully saturated rings. The lowest BCUT2D eigenvalue weighted by Crippen LogP contribution is -2.58. The number of aromatic nitrogens is 1. The normalized spacial score (nSPS) is 21.6. The number of anilines is 2. The number of ketones is 1. The van der Waals surface area contributed by atoms with Gasteiger partial charge in [-0.3, -0.25) is 19.4 Å². The highest BCUT2D eigenvalue weighted by Gasteiger charge is 2.34. The molecular weight excluding hydrogens is 524 g/mol. The number of carbonyl (C=O) groups is 2. The molecular formula is C34H52N6O2. The van der Waals surface area contributed by atoms with E-state index in [2.05, 4.69) is 72.6 Å². The molecule has 2 saturated heterocycles. The van der Waals surface area contributed by atoms with Crippen LogP contribution in [0.25, 0.3) is 0 Å². The number of pyridine rings is 1. The number of nitrogens with zero attached hydrogens (tertiary/aromatic N) is 4. The van der Waals surface area contributed by atoms with E-state index >= 15 is 0 Å². The molecule has 1 aliphatic carbocycles. The first-order valence-electron chi connectivity index (χ1n) is 15.9. The molecule has 4 rings (SSSR count). The summed E-state index contributed by atoms with van der Waals surface area (Å²) < 4.78 is 0. The number of aryl methyl sites for hydroxylation is 1. The number of piperidine rings is 1. The molecule has 0 radical (unpaired) electrons. The molecule has 3 heterocycles. The Morgan fingerprint density at radius 1 is 1.07 bits per heavy atom. The SMILES string of the molecule is C=C(NC1CC1)C(=O)C(=O)Nc1cnc(N2CCN(C3CCN(C/C(C)=C(C)/C=C(/C)CC)CC3)C(CC)C2)c(C)c1. The lowest BCUT2D eigenvalue weighted by Gasteiger charge is -2.48. The minimum absolute atomic E-state index is 0.155. The zero-order chi connectivity index (χ0) is 30.4. The summed E-state index contributed by atoms with van der Waals surface area (Å²) >= 11 is 0. The third kappa shape index (κ3) is 8.32. The summed E-state index contributed by atoms with van der Waals surface area (Å²) in [6.45, 7) is 23.3. The number of nitrogens with one attached hydrogen (secondary N) is 2. The van der Waals surface area contributed by atoms with Gasteiger partial charge < -0.3 is 15.5 Å². The van der Waals surface area contributed by atoms with Gasteiger partial charge in [-0.2, -0.15) is 0 Å². The van der Waals surface area contributed by atoms with Crippen molar-refractivity contribution in [1.82, 2.24) is 20.1 Å². The number of carbonyl (C=O) groups excluding carboxylic acids is 2. The van der Waals surface area contributed by atoms with Gasteiger partial charge in [-0.15, -0.1) is 0 Å². The number of Topliss-reactive ketones (excluding diaryl/α,β-unsaturated/α-hetero) is 1. The first kappa shape index (κ1) is 32.0. The van der Waals surface area contributed by atoms with Crippen molar-refractivity contribution in [2.45, 2.75) is 98.2 Å². The van der Waals surface area contributed by atoms with Gasteiger partial charge in [0.15, 0.2) is 0 Å². The summed E-state index contributed by atoms with van der Waals surface area (Å²) in [4.78, 5) is 37.3. The van der Waals surface area contributed by atoms with Gasteiger partial charge in [0.05, 0.1) is 17.6 Å². The van der Waals surface area contributed by atoms with Crippen molar-refractivity contribution in [3.63, 3.8) is 0 Å². The zero-order valence-electron chi connectivity index (χ0n) is 26.8. The number of hydrogen-bond acceptors (Lipinski definition) is 7. The molecule has 2 aliphatic heterocycles. The Morgan fingerprint density at radius 3 is 2.40 bits per heavy atom. The van der Waals surface area contributed by atoms with Gasteiger partial charge in [0.2, 0.25) is 0 Å². The first-order valence-corrected chi connectivity index (χ1v) is 15.9. The van der Waals surface area contributed by atoms with Crippen LogP contribution < -0.4 is 15.5 Å². The average Bonchev–Trinajstić information content (AvgIpc) is 3.80. The molecule has 0 bridgehead atoms. The molecule has 3 aliphatic rings. The average molecular weight is 577 g/mol. The third-order valence-electron chi connectivity index (χ3n) is 9.22. The van der Waals surface area contributed by atoms with Crippen LogP contribution in [0.5, 0.6) is 0 Å². The molecule has 1 aromatic rings. The van der Waals surface area contributed by atoms with Crippen molar-refractivity contribution in [2.24, 2.45) is 0 Å². The van der Waals surface area contributed by atoms with Crippen molar-refractivity contribution in [1.29, 1.82) is 0 Å². The van der Waals surface area contributed by atoms with Gasteiger partial charge in [-0.05, 0) is 90.9 Å². The molecule has 0 spiro atoms. The predicted molar refractivity (Wildman–Crippen MR) is 173 cm³/mol. The molecule has 1 aromatic heterocycles. The van der Waals surface area contributed by atoms with Crippen molar-refractivity contribution in [3.8, 4) is 0 Å². The topological polar surface area (TPSA) is 80.8 Å². The fourth-order valence-corrected chi connectivity index (χ4v) is 6.20. The van der Waals surface area contributed by atoms with E-state index in [1.165, 1.54) is 29.6 Å².